The summed E-state index contributed by atoms with van der Waals surface area (Å²) >= 11 is 0. The van der Waals surface area contributed by atoms with Crippen molar-refractivity contribution in [2.24, 2.45) is 5.73 Å². The fourth-order valence-corrected chi connectivity index (χ4v) is 1.24. The van der Waals surface area contributed by atoms with E-state index < -0.39 is 11.6 Å². The van der Waals surface area contributed by atoms with E-state index in [1.54, 1.807) is 0 Å². The second-order valence-corrected chi connectivity index (χ2v) is 3.29. The highest BCUT2D eigenvalue weighted by molar-refractivity contribution is 5.25. The zero-order valence-electron chi connectivity index (χ0n) is 8.78. The van der Waals surface area contributed by atoms with Crippen LogP contribution in [0.3, 0.4) is 0 Å². The molecular formula is C10H10F2N4O. The van der Waals surface area contributed by atoms with Crippen molar-refractivity contribution in [1.29, 1.82) is 0 Å². The second kappa shape index (κ2) is 4.88. The molecule has 0 spiro atoms. The van der Waals surface area contributed by atoms with Crippen LogP contribution in [-0.2, 0) is 13.1 Å². The molecule has 0 fully saturated rings. The van der Waals surface area contributed by atoms with E-state index in [2.05, 4.69) is 15.5 Å². The van der Waals surface area contributed by atoms with E-state index >= 15 is 0 Å². The first-order valence-electron chi connectivity index (χ1n) is 4.89. The summed E-state index contributed by atoms with van der Waals surface area (Å²) in [5, 5.41) is 9.99. The van der Waals surface area contributed by atoms with Gasteiger partial charge in [0.15, 0.2) is 0 Å². The van der Waals surface area contributed by atoms with Crippen molar-refractivity contribution in [2.45, 2.75) is 13.1 Å². The number of aromatic nitrogens is 2. The van der Waals surface area contributed by atoms with Gasteiger partial charge in [0, 0.05) is 18.2 Å². The van der Waals surface area contributed by atoms with Crippen LogP contribution < -0.4 is 11.1 Å². The Balaban J connectivity index is 2.02. The van der Waals surface area contributed by atoms with E-state index in [1.807, 2.05) is 0 Å². The largest absolute Gasteiger partial charge is 0.407 e. The Hall–Kier alpha value is -2.02. The van der Waals surface area contributed by atoms with Gasteiger partial charge >= 0.3 is 6.01 Å². The van der Waals surface area contributed by atoms with Crippen LogP contribution in [-0.4, -0.2) is 10.2 Å². The highest BCUT2D eigenvalue weighted by Crippen LogP contribution is 2.12. The number of hydrogen-bond acceptors (Lipinski definition) is 5. The van der Waals surface area contributed by atoms with Crippen molar-refractivity contribution in [3.8, 4) is 0 Å². The summed E-state index contributed by atoms with van der Waals surface area (Å²) in [4.78, 5) is 0. The molecule has 2 aromatic rings. The van der Waals surface area contributed by atoms with Gasteiger partial charge in [-0.3, -0.25) is 0 Å². The van der Waals surface area contributed by atoms with Crippen LogP contribution in [0.15, 0.2) is 22.6 Å². The molecule has 0 aliphatic carbocycles. The molecule has 0 aliphatic heterocycles. The first kappa shape index (κ1) is 11.5. The van der Waals surface area contributed by atoms with Crippen LogP contribution in [0.25, 0.3) is 0 Å². The highest BCUT2D eigenvalue weighted by atomic mass is 19.1. The molecule has 0 saturated heterocycles. The molecule has 7 heteroatoms. The zero-order valence-corrected chi connectivity index (χ0v) is 8.78. The van der Waals surface area contributed by atoms with Gasteiger partial charge in [-0.05, 0) is 6.07 Å². The Labute approximate surface area is 95.6 Å². The topological polar surface area (TPSA) is 77.0 Å². The number of nitrogens with one attached hydrogen (secondary N) is 1. The number of benzene rings is 1. The van der Waals surface area contributed by atoms with E-state index in [4.69, 9.17) is 10.2 Å². The number of anilines is 1. The molecule has 0 saturated carbocycles. The lowest BCUT2D eigenvalue weighted by atomic mass is 10.2. The Bertz CT molecular complexity index is 515. The van der Waals surface area contributed by atoms with E-state index in [-0.39, 0.29) is 25.0 Å². The number of nitrogens with zero attached hydrogens (tertiary/aromatic N) is 2. The fourth-order valence-electron chi connectivity index (χ4n) is 1.24. The first-order valence-corrected chi connectivity index (χ1v) is 4.89. The maximum absolute atomic E-state index is 13.3. The van der Waals surface area contributed by atoms with Crippen molar-refractivity contribution < 1.29 is 13.2 Å². The molecule has 1 heterocycles. The van der Waals surface area contributed by atoms with Gasteiger partial charge in [-0.2, -0.15) is 0 Å². The maximum Gasteiger partial charge on any atom is 0.315 e. The summed E-state index contributed by atoms with van der Waals surface area (Å²) in [6.45, 7) is 0.262. The Morgan fingerprint density at radius 1 is 1.29 bits per heavy atom. The van der Waals surface area contributed by atoms with Gasteiger partial charge in [-0.25, -0.2) is 8.78 Å². The average molecular weight is 240 g/mol. The summed E-state index contributed by atoms with van der Waals surface area (Å²) in [6, 6.07) is 3.49. The quantitative estimate of drug-likeness (QED) is 0.845. The van der Waals surface area contributed by atoms with Crippen molar-refractivity contribution in [3.05, 3.63) is 41.3 Å². The number of rotatable bonds is 4. The molecule has 3 N–H and O–H groups in total. The normalized spacial score (nSPS) is 10.5. The van der Waals surface area contributed by atoms with Crippen molar-refractivity contribution in [3.63, 3.8) is 0 Å². The van der Waals surface area contributed by atoms with E-state index in [0.717, 1.165) is 6.07 Å². The van der Waals surface area contributed by atoms with Gasteiger partial charge in [0.2, 0.25) is 5.89 Å². The Morgan fingerprint density at radius 2 is 2.12 bits per heavy atom. The van der Waals surface area contributed by atoms with Crippen LogP contribution in [0.5, 0.6) is 0 Å². The fraction of sp³-hybridized carbons (Fsp3) is 0.200. The Morgan fingerprint density at radius 3 is 2.76 bits per heavy atom. The van der Waals surface area contributed by atoms with Crippen LogP contribution in [0.4, 0.5) is 14.8 Å². The smallest absolute Gasteiger partial charge is 0.315 e. The molecule has 0 aliphatic rings. The lowest BCUT2D eigenvalue weighted by Crippen LogP contribution is -2.02. The van der Waals surface area contributed by atoms with Crippen LogP contribution in [0.1, 0.15) is 11.5 Å². The highest BCUT2D eigenvalue weighted by Gasteiger charge is 2.06. The van der Waals surface area contributed by atoms with Gasteiger partial charge in [0.25, 0.3) is 0 Å². The average Bonchev–Trinajstić information content (AvgIpc) is 2.76. The Kier molecular flexibility index (Phi) is 3.29. The predicted molar refractivity (Wildman–Crippen MR) is 55.9 cm³/mol. The third kappa shape index (κ3) is 2.76. The van der Waals surface area contributed by atoms with Crippen LogP contribution in [0, 0.1) is 11.6 Å². The van der Waals surface area contributed by atoms with Gasteiger partial charge in [-0.15, -0.1) is 5.10 Å². The third-order valence-corrected chi connectivity index (χ3v) is 2.09. The monoisotopic (exact) mass is 240 g/mol. The molecule has 5 nitrogen and oxygen atoms in total. The molecule has 0 atom stereocenters. The van der Waals surface area contributed by atoms with Gasteiger partial charge < -0.3 is 15.5 Å². The van der Waals surface area contributed by atoms with Crippen LogP contribution >= 0.6 is 0 Å². The molecule has 0 unspecified atom stereocenters. The summed E-state index contributed by atoms with van der Waals surface area (Å²) < 4.78 is 31.0. The van der Waals surface area contributed by atoms with E-state index in [1.165, 1.54) is 12.1 Å². The minimum absolute atomic E-state index is 0.123. The molecule has 0 amide bonds. The lowest BCUT2D eigenvalue weighted by molar-refractivity contribution is 0.506. The zero-order chi connectivity index (χ0) is 12.3. The maximum atomic E-state index is 13.3. The summed E-state index contributed by atoms with van der Waals surface area (Å²) in [7, 11) is 0. The molecule has 0 radical (unpaired) electrons. The summed E-state index contributed by atoms with van der Waals surface area (Å²) in [5.41, 5.74) is 5.59. The molecular weight excluding hydrogens is 230 g/mol. The second-order valence-electron chi connectivity index (χ2n) is 3.29. The number of hydrogen-bond donors (Lipinski definition) is 2. The van der Waals surface area contributed by atoms with Crippen molar-refractivity contribution in [2.75, 3.05) is 5.32 Å². The molecule has 90 valence electrons. The van der Waals surface area contributed by atoms with Gasteiger partial charge in [0.1, 0.15) is 11.6 Å². The molecule has 0 bridgehead atoms. The SMILES string of the molecule is NCc1nnc(NCc2ccc(F)cc2F)o1. The van der Waals surface area contributed by atoms with Gasteiger partial charge in [0.05, 0.1) is 6.54 Å². The molecule has 1 aromatic heterocycles. The first-order chi connectivity index (χ1) is 8.19. The predicted octanol–water partition coefficient (Wildman–Crippen LogP) is 1.42. The third-order valence-electron chi connectivity index (χ3n) is 2.09. The lowest BCUT2D eigenvalue weighted by Gasteiger charge is -2.03. The molecule has 1 aromatic carbocycles. The van der Waals surface area contributed by atoms with E-state index in [9.17, 15) is 8.78 Å². The van der Waals surface area contributed by atoms with Crippen LogP contribution in [0.2, 0.25) is 0 Å². The summed E-state index contributed by atoms with van der Waals surface area (Å²) in [5.74, 6) is -0.961. The molecule has 17 heavy (non-hydrogen) atoms. The minimum Gasteiger partial charge on any atom is -0.407 e. The van der Waals surface area contributed by atoms with E-state index in [0.29, 0.717) is 5.56 Å². The van der Waals surface area contributed by atoms with Crippen molar-refractivity contribution >= 4 is 6.01 Å². The van der Waals surface area contributed by atoms with Gasteiger partial charge in [-0.1, -0.05) is 11.2 Å². The minimum atomic E-state index is -0.629. The molecule has 2 rings (SSSR count). The standard InChI is InChI=1S/C10H10F2N4O/c11-7-2-1-6(8(12)3-7)5-14-10-16-15-9(4-13)17-10/h1-3H,4-5,13H2,(H,14,16). The van der Waals surface area contributed by atoms with Crippen molar-refractivity contribution in [1.82, 2.24) is 10.2 Å². The summed E-state index contributed by atoms with van der Waals surface area (Å²) in [6.07, 6.45) is 0. The number of nitrogens with two attached hydrogens (primary N) is 1. The number of halogens is 2.